The molecule has 0 amide bonds. The Hall–Kier alpha value is 0. The van der Waals surface area contributed by atoms with Crippen molar-refractivity contribution in [1.29, 1.82) is 0 Å². The first-order chi connectivity index (χ1) is 5.24. The van der Waals surface area contributed by atoms with Gasteiger partial charge in [-0.05, 0) is 31.1 Å². The fourth-order valence-corrected chi connectivity index (χ4v) is 1.32. The van der Waals surface area contributed by atoms with E-state index in [1.807, 2.05) is 0 Å². The van der Waals surface area contributed by atoms with Crippen molar-refractivity contribution >= 4 is 0 Å². The molecule has 66 valence electrons. The molecule has 0 aliphatic carbocycles. The number of hydrogen-bond donors (Lipinski definition) is 0. The highest BCUT2D eigenvalue weighted by molar-refractivity contribution is 4.90. The Bertz CT molecular complexity index is 76.1. The zero-order chi connectivity index (χ0) is 8.69. The van der Waals surface area contributed by atoms with E-state index in [4.69, 9.17) is 0 Å². The van der Waals surface area contributed by atoms with E-state index in [1.54, 1.807) is 5.92 Å². The monoisotopic (exact) mass is 154 g/mol. The van der Waals surface area contributed by atoms with Crippen LogP contribution >= 0.6 is 0 Å². The van der Waals surface area contributed by atoms with Crippen molar-refractivity contribution in [3.05, 3.63) is 12.8 Å². The molecule has 11 heavy (non-hydrogen) atoms. The van der Waals surface area contributed by atoms with E-state index in [9.17, 15) is 0 Å². The summed E-state index contributed by atoms with van der Waals surface area (Å²) in [7, 11) is 0. The first kappa shape index (κ1) is 11.0. The maximum atomic E-state index is 3.95. The second kappa shape index (κ2) is 6.69. The molecule has 0 spiro atoms. The van der Waals surface area contributed by atoms with Crippen LogP contribution in [0.1, 0.15) is 52.9 Å². The van der Waals surface area contributed by atoms with Crippen molar-refractivity contribution in [2.75, 3.05) is 0 Å². The van der Waals surface area contributed by atoms with Crippen LogP contribution < -0.4 is 0 Å². The lowest BCUT2D eigenvalue weighted by Gasteiger charge is -2.16. The van der Waals surface area contributed by atoms with Crippen molar-refractivity contribution in [3.8, 4) is 0 Å². The van der Waals surface area contributed by atoms with Crippen LogP contribution in [0.2, 0.25) is 0 Å². The summed E-state index contributed by atoms with van der Waals surface area (Å²) in [5.41, 5.74) is 0. The van der Waals surface area contributed by atoms with Gasteiger partial charge in [-0.1, -0.05) is 40.5 Å². The Kier molecular flexibility index (Phi) is 6.69. The molecule has 0 aliphatic heterocycles. The van der Waals surface area contributed by atoms with Gasteiger partial charge in [0.1, 0.15) is 0 Å². The van der Waals surface area contributed by atoms with Crippen LogP contribution in [-0.2, 0) is 0 Å². The Morgan fingerprint density at radius 2 is 2.00 bits per heavy atom. The maximum absolute atomic E-state index is 3.95. The van der Waals surface area contributed by atoms with E-state index < -0.39 is 0 Å². The van der Waals surface area contributed by atoms with Gasteiger partial charge >= 0.3 is 0 Å². The minimum Gasteiger partial charge on any atom is -0.0654 e. The van der Waals surface area contributed by atoms with Gasteiger partial charge in [0, 0.05) is 0 Å². The first-order valence-electron chi connectivity index (χ1n) is 4.87. The molecule has 0 bridgehead atoms. The lowest BCUT2D eigenvalue weighted by molar-refractivity contribution is 0.497. The SMILES string of the molecule is [CH2]C[C](CCC)CC(C)CC. The summed E-state index contributed by atoms with van der Waals surface area (Å²) in [6.07, 6.45) is 6.20. The Morgan fingerprint density at radius 1 is 1.36 bits per heavy atom. The third-order valence-electron chi connectivity index (χ3n) is 2.29. The Labute approximate surface area is 72.4 Å². The molecule has 0 nitrogen and oxygen atoms in total. The summed E-state index contributed by atoms with van der Waals surface area (Å²) in [5, 5.41) is 0. The van der Waals surface area contributed by atoms with Gasteiger partial charge in [-0.2, -0.15) is 0 Å². The average molecular weight is 154 g/mol. The molecule has 1 unspecified atom stereocenters. The smallest absolute Gasteiger partial charge is 0.0238 e. The molecule has 1 atom stereocenters. The summed E-state index contributed by atoms with van der Waals surface area (Å²) in [6.45, 7) is 10.8. The normalized spacial score (nSPS) is 13.9. The highest BCUT2D eigenvalue weighted by Crippen LogP contribution is 2.23. The van der Waals surface area contributed by atoms with E-state index >= 15 is 0 Å². The molecule has 0 N–H and O–H groups in total. The second-order valence-electron chi connectivity index (χ2n) is 3.47. The molecule has 0 saturated carbocycles. The highest BCUT2D eigenvalue weighted by Gasteiger charge is 2.09. The third-order valence-corrected chi connectivity index (χ3v) is 2.29. The molecular formula is C11H22. The molecule has 0 heteroatoms. The lowest BCUT2D eigenvalue weighted by Crippen LogP contribution is -2.02. The maximum Gasteiger partial charge on any atom is -0.0238 e. The van der Waals surface area contributed by atoms with Gasteiger partial charge in [0.25, 0.3) is 0 Å². The van der Waals surface area contributed by atoms with Crippen LogP contribution in [0.4, 0.5) is 0 Å². The van der Waals surface area contributed by atoms with Crippen LogP contribution in [-0.4, -0.2) is 0 Å². The predicted molar refractivity (Wildman–Crippen MR) is 52.2 cm³/mol. The van der Waals surface area contributed by atoms with E-state index in [-0.39, 0.29) is 0 Å². The Balaban J connectivity index is 3.49. The van der Waals surface area contributed by atoms with Gasteiger partial charge in [-0.15, -0.1) is 0 Å². The summed E-state index contributed by atoms with van der Waals surface area (Å²) < 4.78 is 0. The molecule has 0 aromatic carbocycles. The van der Waals surface area contributed by atoms with Gasteiger partial charge in [0.2, 0.25) is 0 Å². The first-order valence-corrected chi connectivity index (χ1v) is 4.87. The number of hydrogen-bond acceptors (Lipinski definition) is 0. The van der Waals surface area contributed by atoms with Crippen molar-refractivity contribution in [3.63, 3.8) is 0 Å². The standard InChI is InChI=1S/C11H22/c1-5-8-11(7-3)9-10(4)6-2/h10H,3,5-9H2,1-2,4H3. The molecule has 2 radical (unpaired) electrons. The Morgan fingerprint density at radius 3 is 2.36 bits per heavy atom. The van der Waals surface area contributed by atoms with Gasteiger partial charge in [-0.3, -0.25) is 0 Å². The van der Waals surface area contributed by atoms with Gasteiger partial charge in [0.05, 0.1) is 0 Å². The third kappa shape index (κ3) is 5.29. The molecule has 0 aliphatic rings. The quantitative estimate of drug-likeness (QED) is 0.542. The van der Waals surface area contributed by atoms with Gasteiger partial charge in [-0.25, -0.2) is 0 Å². The zero-order valence-electron chi connectivity index (χ0n) is 8.32. The van der Waals surface area contributed by atoms with Crippen LogP contribution in [0.15, 0.2) is 0 Å². The summed E-state index contributed by atoms with van der Waals surface area (Å²) in [6, 6.07) is 0. The largest absolute Gasteiger partial charge is 0.0654 e. The van der Waals surface area contributed by atoms with Gasteiger partial charge < -0.3 is 0 Å². The zero-order valence-corrected chi connectivity index (χ0v) is 8.32. The van der Waals surface area contributed by atoms with Crippen molar-refractivity contribution < 1.29 is 0 Å². The van der Waals surface area contributed by atoms with Crippen LogP contribution in [0.3, 0.4) is 0 Å². The molecule has 0 saturated heterocycles. The molecule has 0 heterocycles. The second-order valence-corrected chi connectivity index (χ2v) is 3.47. The van der Waals surface area contributed by atoms with E-state index in [2.05, 4.69) is 27.7 Å². The fourth-order valence-electron chi connectivity index (χ4n) is 1.32. The van der Waals surface area contributed by atoms with Gasteiger partial charge in [0.15, 0.2) is 0 Å². The van der Waals surface area contributed by atoms with Crippen LogP contribution in [0, 0.1) is 18.8 Å². The molecule has 0 aromatic heterocycles. The van der Waals surface area contributed by atoms with Crippen molar-refractivity contribution in [1.82, 2.24) is 0 Å². The molecular weight excluding hydrogens is 132 g/mol. The van der Waals surface area contributed by atoms with Crippen LogP contribution in [0.25, 0.3) is 0 Å². The topological polar surface area (TPSA) is 0 Å². The lowest BCUT2D eigenvalue weighted by atomic mass is 9.89. The number of rotatable bonds is 6. The summed E-state index contributed by atoms with van der Waals surface area (Å²) in [5.74, 6) is 2.51. The fraction of sp³-hybridized carbons (Fsp3) is 0.818. The van der Waals surface area contributed by atoms with E-state index in [1.165, 1.54) is 25.7 Å². The summed E-state index contributed by atoms with van der Waals surface area (Å²) in [4.78, 5) is 0. The highest BCUT2D eigenvalue weighted by atomic mass is 14.1. The average Bonchev–Trinajstić information content (AvgIpc) is 2.03. The minimum atomic E-state index is 0.860. The molecule has 0 rings (SSSR count). The van der Waals surface area contributed by atoms with Crippen molar-refractivity contribution in [2.45, 2.75) is 52.9 Å². The van der Waals surface area contributed by atoms with E-state index in [0.29, 0.717) is 0 Å². The van der Waals surface area contributed by atoms with Crippen molar-refractivity contribution in [2.24, 2.45) is 5.92 Å². The van der Waals surface area contributed by atoms with Crippen LogP contribution in [0.5, 0.6) is 0 Å². The van der Waals surface area contributed by atoms with E-state index in [0.717, 1.165) is 12.3 Å². The molecule has 0 aromatic rings. The minimum absolute atomic E-state index is 0.860. The summed E-state index contributed by atoms with van der Waals surface area (Å²) >= 11 is 0. The predicted octanol–water partition coefficient (Wildman–Crippen LogP) is 4.02. The molecule has 0 fully saturated rings.